The minimum absolute atomic E-state index is 0.464. The number of unbranched alkanes of at least 4 members (excludes halogenated alkanes) is 1. The second-order valence-electron chi connectivity index (χ2n) is 6.25. The van der Waals surface area contributed by atoms with Gasteiger partial charge < -0.3 is 5.32 Å². The van der Waals surface area contributed by atoms with E-state index in [4.69, 9.17) is 0 Å². The van der Waals surface area contributed by atoms with Crippen molar-refractivity contribution in [3.8, 4) is 0 Å². The summed E-state index contributed by atoms with van der Waals surface area (Å²) in [6.45, 7) is 13.1. The summed E-state index contributed by atoms with van der Waals surface area (Å²) in [5, 5.41) is 3.56. The summed E-state index contributed by atoms with van der Waals surface area (Å²) in [7, 11) is 0. The van der Waals surface area contributed by atoms with Crippen LogP contribution < -0.4 is 5.32 Å². The van der Waals surface area contributed by atoms with Gasteiger partial charge in [-0.3, -0.25) is 4.90 Å². The van der Waals surface area contributed by atoms with E-state index in [0.29, 0.717) is 11.6 Å². The van der Waals surface area contributed by atoms with Crippen LogP contribution in [0.4, 0.5) is 0 Å². The minimum Gasteiger partial charge on any atom is -0.314 e. The highest BCUT2D eigenvalue weighted by Gasteiger charge is 2.30. The number of nitrogens with zero attached hydrogens (tertiary/aromatic N) is 1. The molecule has 1 unspecified atom stereocenters. The van der Waals surface area contributed by atoms with Crippen molar-refractivity contribution < 1.29 is 0 Å². The molecular weight excluding hydrogens is 208 g/mol. The summed E-state index contributed by atoms with van der Waals surface area (Å²) < 4.78 is 0. The molecule has 0 aromatic rings. The number of hydrogen-bond acceptors (Lipinski definition) is 2. The normalized spacial score (nSPS) is 21.9. The third-order valence-corrected chi connectivity index (χ3v) is 4.13. The fraction of sp³-hybridized carbons (Fsp3) is 1.00. The Morgan fingerprint density at radius 2 is 2.06 bits per heavy atom. The molecule has 2 heteroatoms. The Morgan fingerprint density at radius 1 is 1.29 bits per heavy atom. The van der Waals surface area contributed by atoms with Gasteiger partial charge in [-0.25, -0.2) is 0 Å². The molecule has 1 fully saturated rings. The summed E-state index contributed by atoms with van der Waals surface area (Å²) in [5.41, 5.74) is 0.464. The predicted molar refractivity (Wildman–Crippen MR) is 76.5 cm³/mol. The molecule has 0 saturated carbocycles. The van der Waals surface area contributed by atoms with Crippen LogP contribution in [0.1, 0.15) is 66.2 Å². The summed E-state index contributed by atoms with van der Waals surface area (Å²) in [4.78, 5) is 2.68. The molecule has 1 aliphatic heterocycles. The van der Waals surface area contributed by atoms with E-state index in [1.807, 2.05) is 0 Å². The Balaban J connectivity index is 2.04. The van der Waals surface area contributed by atoms with Gasteiger partial charge >= 0.3 is 0 Å². The maximum absolute atomic E-state index is 3.56. The van der Waals surface area contributed by atoms with E-state index in [1.54, 1.807) is 0 Å². The van der Waals surface area contributed by atoms with Crippen LogP contribution in [0.15, 0.2) is 0 Å². The van der Waals surface area contributed by atoms with Crippen molar-refractivity contribution in [1.29, 1.82) is 0 Å². The maximum atomic E-state index is 3.56. The van der Waals surface area contributed by atoms with E-state index < -0.39 is 0 Å². The largest absolute Gasteiger partial charge is 0.314 e. The first-order valence-electron chi connectivity index (χ1n) is 7.54. The Labute approximate surface area is 108 Å². The van der Waals surface area contributed by atoms with E-state index >= 15 is 0 Å². The average molecular weight is 240 g/mol. The SMILES string of the molecule is CCCNC(C)CCCCN1CCCC1(C)C. The lowest BCUT2D eigenvalue weighted by atomic mass is 10.0. The summed E-state index contributed by atoms with van der Waals surface area (Å²) in [5.74, 6) is 0. The van der Waals surface area contributed by atoms with Gasteiger partial charge in [-0.1, -0.05) is 13.3 Å². The molecule has 1 atom stereocenters. The van der Waals surface area contributed by atoms with Crippen molar-refractivity contribution in [3.05, 3.63) is 0 Å². The van der Waals surface area contributed by atoms with Crippen LogP contribution in [-0.2, 0) is 0 Å². The zero-order valence-corrected chi connectivity index (χ0v) is 12.4. The van der Waals surface area contributed by atoms with E-state index in [2.05, 4.69) is 37.9 Å². The van der Waals surface area contributed by atoms with Crippen molar-refractivity contribution in [2.75, 3.05) is 19.6 Å². The molecule has 0 aliphatic carbocycles. The summed E-state index contributed by atoms with van der Waals surface area (Å²) >= 11 is 0. The van der Waals surface area contributed by atoms with Crippen LogP contribution in [0.2, 0.25) is 0 Å². The Kier molecular flexibility index (Phi) is 6.50. The molecule has 1 saturated heterocycles. The number of rotatable bonds is 8. The van der Waals surface area contributed by atoms with Gasteiger partial charge in [-0.15, -0.1) is 0 Å². The quantitative estimate of drug-likeness (QED) is 0.654. The predicted octanol–water partition coefficient (Wildman–Crippen LogP) is 3.42. The van der Waals surface area contributed by atoms with Gasteiger partial charge in [-0.05, 0) is 72.5 Å². The van der Waals surface area contributed by atoms with Crippen LogP contribution in [0, 0.1) is 0 Å². The van der Waals surface area contributed by atoms with Crippen LogP contribution >= 0.6 is 0 Å². The Hall–Kier alpha value is -0.0800. The Bertz CT molecular complexity index is 201. The number of nitrogens with one attached hydrogen (secondary N) is 1. The van der Waals surface area contributed by atoms with Gasteiger partial charge in [-0.2, -0.15) is 0 Å². The van der Waals surface area contributed by atoms with Gasteiger partial charge in [0, 0.05) is 11.6 Å². The zero-order valence-electron chi connectivity index (χ0n) is 12.4. The first kappa shape index (κ1) is 15.0. The third-order valence-electron chi connectivity index (χ3n) is 4.13. The molecule has 0 aromatic carbocycles. The van der Waals surface area contributed by atoms with Gasteiger partial charge in [0.2, 0.25) is 0 Å². The molecule has 0 radical (unpaired) electrons. The molecule has 0 bridgehead atoms. The minimum atomic E-state index is 0.464. The third kappa shape index (κ3) is 5.39. The molecule has 102 valence electrons. The highest BCUT2D eigenvalue weighted by atomic mass is 15.2. The van der Waals surface area contributed by atoms with Crippen LogP contribution in [0.25, 0.3) is 0 Å². The molecule has 1 rings (SSSR count). The lowest BCUT2D eigenvalue weighted by Gasteiger charge is -2.31. The Morgan fingerprint density at radius 3 is 2.65 bits per heavy atom. The van der Waals surface area contributed by atoms with Crippen LogP contribution in [0.5, 0.6) is 0 Å². The van der Waals surface area contributed by atoms with E-state index in [1.165, 1.54) is 58.2 Å². The smallest absolute Gasteiger partial charge is 0.0153 e. The molecule has 1 aliphatic rings. The first-order chi connectivity index (χ1) is 8.06. The highest BCUT2D eigenvalue weighted by Crippen LogP contribution is 2.28. The number of likely N-dealkylation sites (tertiary alicyclic amines) is 1. The topological polar surface area (TPSA) is 15.3 Å². The second-order valence-corrected chi connectivity index (χ2v) is 6.25. The first-order valence-corrected chi connectivity index (χ1v) is 7.54. The van der Waals surface area contributed by atoms with Gasteiger partial charge in [0.15, 0.2) is 0 Å². The lowest BCUT2D eigenvalue weighted by molar-refractivity contribution is 0.171. The van der Waals surface area contributed by atoms with Gasteiger partial charge in [0.1, 0.15) is 0 Å². The second kappa shape index (κ2) is 7.38. The van der Waals surface area contributed by atoms with E-state index in [0.717, 1.165) is 0 Å². The fourth-order valence-electron chi connectivity index (χ4n) is 2.82. The molecule has 2 nitrogen and oxygen atoms in total. The van der Waals surface area contributed by atoms with Crippen molar-refractivity contribution >= 4 is 0 Å². The molecule has 1 heterocycles. The van der Waals surface area contributed by atoms with Crippen molar-refractivity contribution in [2.24, 2.45) is 0 Å². The zero-order chi connectivity index (χ0) is 12.7. The monoisotopic (exact) mass is 240 g/mol. The van der Waals surface area contributed by atoms with Crippen molar-refractivity contribution in [2.45, 2.75) is 77.8 Å². The molecule has 0 spiro atoms. The summed E-state index contributed by atoms with van der Waals surface area (Å²) in [6, 6.07) is 0.696. The van der Waals surface area contributed by atoms with Gasteiger partial charge in [0.05, 0.1) is 0 Å². The molecule has 1 N–H and O–H groups in total. The maximum Gasteiger partial charge on any atom is 0.0153 e. The van der Waals surface area contributed by atoms with E-state index in [-0.39, 0.29) is 0 Å². The van der Waals surface area contributed by atoms with Crippen LogP contribution in [-0.4, -0.2) is 36.1 Å². The van der Waals surface area contributed by atoms with Crippen molar-refractivity contribution in [3.63, 3.8) is 0 Å². The lowest BCUT2D eigenvalue weighted by Crippen LogP contribution is -2.38. The molecule has 17 heavy (non-hydrogen) atoms. The summed E-state index contributed by atoms with van der Waals surface area (Å²) in [6.07, 6.45) is 8.07. The fourth-order valence-corrected chi connectivity index (χ4v) is 2.82. The van der Waals surface area contributed by atoms with E-state index in [9.17, 15) is 0 Å². The number of hydrogen-bond donors (Lipinski definition) is 1. The van der Waals surface area contributed by atoms with Gasteiger partial charge in [0.25, 0.3) is 0 Å². The molecule has 0 aromatic heterocycles. The van der Waals surface area contributed by atoms with Crippen LogP contribution in [0.3, 0.4) is 0 Å². The van der Waals surface area contributed by atoms with Crippen molar-refractivity contribution in [1.82, 2.24) is 10.2 Å². The standard InChI is InChI=1S/C15H32N2/c1-5-11-16-14(2)9-6-7-12-17-13-8-10-15(17,3)4/h14,16H,5-13H2,1-4H3. The highest BCUT2D eigenvalue weighted by molar-refractivity contribution is 4.87. The average Bonchev–Trinajstić information content (AvgIpc) is 2.61. The molecule has 0 amide bonds. The molecular formula is C15H32N2.